The van der Waals surface area contributed by atoms with Crippen molar-refractivity contribution in [3.05, 3.63) is 118 Å². The van der Waals surface area contributed by atoms with Crippen LogP contribution >= 0.6 is 0 Å². The van der Waals surface area contributed by atoms with Crippen LogP contribution < -0.4 is 10.6 Å². The number of nitrogens with one attached hydrogen (secondary N) is 2. The van der Waals surface area contributed by atoms with Gasteiger partial charge in [0.1, 0.15) is 34.7 Å². The number of phenolic OH excluding ortho intramolecular Hbond substituents is 1. The van der Waals surface area contributed by atoms with Gasteiger partial charge in [0, 0.05) is 30.4 Å². The Kier molecular flexibility index (Phi) is 8.17. The van der Waals surface area contributed by atoms with Gasteiger partial charge in [0.05, 0.1) is 17.8 Å². The molecule has 3 aromatic heterocycles. The van der Waals surface area contributed by atoms with Crippen molar-refractivity contribution in [3.63, 3.8) is 0 Å². The van der Waals surface area contributed by atoms with E-state index in [2.05, 4.69) is 32.6 Å². The van der Waals surface area contributed by atoms with Gasteiger partial charge < -0.3 is 20.3 Å². The predicted molar refractivity (Wildman–Crippen MR) is 156 cm³/mol. The zero-order valence-electron chi connectivity index (χ0n) is 23.3. The summed E-state index contributed by atoms with van der Waals surface area (Å²) in [5.74, 6) is 4.32. The molecule has 1 atom stereocenters. The summed E-state index contributed by atoms with van der Waals surface area (Å²) in [5, 5.41) is 29.4. The zero-order valence-corrected chi connectivity index (χ0v) is 23.3. The minimum atomic E-state index is -0.843. The molecule has 5 rings (SSSR count). The fourth-order valence-electron chi connectivity index (χ4n) is 4.63. The summed E-state index contributed by atoms with van der Waals surface area (Å²) in [7, 11) is 0. The zero-order chi connectivity index (χ0) is 30.5. The molecule has 11 heteroatoms. The molecule has 2 aromatic carbocycles. The molecule has 0 fully saturated rings. The number of nitriles is 1. The van der Waals surface area contributed by atoms with E-state index in [9.17, 15) is 24.3 Å². The summed E-state index contributed by atoms with van der Waals surface area (Å²) in [6.45, 7) is 3.69. The Labute approximate surface area is 246 Å². The summed E-state index contributed by atoms with van der Waals surface area (Å²) in [5.41, 5.74) is 3.59. The van der Waals surface area contributed by atoms with Crippen LogP contribution in [0, 0.1) is 35.9 Å². The predicted octanol–water partition coefficient (Wildman–Crippen LogP) is 3.88. The molecule has 2 amide bonds. The molecule has 214 valence electrons. The van der Waals surface area contributed by atoms with E-state index in [1.54, 1.807) is 42.0 Å². The average molecular weight is 576 g/mol. The molecule has 3 heterocycles. The first-order valence-electron chi connectivity index (χ1n) is 13.3. The first kappa shape index (κ1) is 28.6. The third-order valence-electron chi connectivity index (χ3n) is 6.86. The van der Waals surface area contributed by atoms with Gasteiger partial charge >= 0.3 is 0 Å². The highest BCUT2D eigenvalue weighted by atomic mass is 19.1. The van der Waals surface area contributed by atoms with Crippen molar-refractivity contribution < 1.29 is 19.1 Å². The summed E-state index contributed by atoms with van der Waals surface area (Å²) in [4.78, 5) is 30.3. The van der Waals surface area contributed by atoms with E-state index in [1.807, 2.05) is 25.1 Å². The lowest BCUT2D eigenvalue weighted by Crippen LogP contribution is -2.32. The minimum Gasteiger partial charge on any atom is -0.507 e. The second kappa shape index (κ2) is 12.3. The molecule has 0 saturated carbocycles. The Morgan fingerprint density at radius 1 is 1.07 bits per heavy atom. The van der Waals surface area contributed by atoms with E-state index in [0.717, 1.165) is 5.56 Å². The van der Waals surface area contributed by atoms with Gasteiger partial charge in [0.25, 0.3) is 11.8 Å². The average Bonchev–Trinajstić information content (AvgIpc) is 3.60. The number of fused-ring (bicyclic) bond motifs is 1. The molecule has 3 N–H and O–H groups in total. The lowest BCUT2D eigenvalue weighted by molar-refractivity contribution is 0.0929. The summed E-state index contributed by atoms with van der Waals surface area (Å²) >= 11 is 0. The van der Waals surface area contributed by atoms with Crippen molar-refractivity contribution in [1.29, 1.82) is 5.26 Å². The number of hydrogen-bond acceptors (Lipinski definition) is 6. The van der Waals surface area contributed by atoms with E-state index in [4.69, 9.17) is 0 Å². The van der Waals surface area contributed by atoms with Crippen LogP contribution in [0.25, 0.3) is 5.65 Å². The van der Waals surface area contributed by atoms with Crippen LogP contribution in [0.2, 0.25) is 0 Å². The molecule has 5 aromatic rings. The molecular formula is C32H26FN7O3. The lowest BCUT2D eigenvalue weighted by atomic mass is 10.0. The Hall–Kier alpha value is -5.94. The third kappa shape index (κ3) is 6.06. The molecular weight excluding hydrogens is 549 g/mol. The summed E-state index contributed by atoms with van der Waals surface area (Å²) in [6, 6.07) is 16.9. The number of phenols is 1. The molecule has 0 saturated heterocycles. The van der Waals surface area contributed by atoms with Gasteiger partial charge in [-0.05, 0) is 73.9 Å². The molecule has 0 radical (unpaired) electrons. The highest BCUT2D eigenvalue weighted by molar-refractivity contribution is 5.95. The number of hydrogen-bond donors (Lipinski definition) is 3. The van der Waals surface area contributed by atoms with E-state index in [-0.39, 0.29) is 41.7 Å². The number of rotatable bonds is 7. The molecule has 0 unspecified atom stereocenters. The number of imidazole rings is 1. The number of amides is 2. The first-order chi connectivity index (χ1) is 20.8. The van der Waals surface area contributed by atoms with E-state index in [1.165, 1.54) is 34.9 Å². The van der Waals surface area contributed by atoms with Crippen molar-refractivity contribution in [2.75, 3.05) is 6.54 Å². The largest absolute Gasteiger partial charge is 0.507 e. The second-order valence-electron chi connectivity index (χ2n) is 9.71. The smallest absolute Gasteiger partial charge is 0.268 e. The molecule has 43 heavy (non-hydrogen) atoms. The van der Waals surface area contributed by atoms with Gasteiger partial charge in [-0.1, -0.05) is 18.1 Å². The maximum Gasteiger partial charge on any atom is 0.268 e. The Bertz CT molecular complexity index is 1940. The van der Waals surface area contributed by atoms with Crippen LogP contribution in [-0.4, -0.2) is 42.6 Å². The quantitative estimate of drug-likeness (QED) is 0.252. The van der Waals surface area contributed by atoms with Crippen molar-refractivity contribution in [2.45, 2.75) is 26.4 Å². The maximum atomic E-state index is 14.3. The second-order valence-corrected chi connectivity index (χ2v) is 9.71. The van der Waals surface area contributed by atoms with Crippen LogP contribution in [-0.2, 0) is 6.54 Å². The Morgan fingerprint density at radius 3 is 2.70 bits per heavy atom. The molecule has 0 aliphatic carbocycles. The van der Waals surface area contributed by atoms with Crippen LogP contribution in [0.5, 0.6) is 5.75 Å². The number of benzene rings is 2. The van der Waals surface area contributed by atoms with Crippen molar-refractivity contribution >= 4 is 17.5 Å². The minimum absolute atomic E-state index is 0.0425. The monoisotopic (exact) mass is 575 g/mol. The standard InChI is InChI=1S/C32H26FN7O3/c1-20-8-9-23(17-22(20)10-11-25-19-36-29-7-4-14-37-40(25)29)31(42)35-15-16-39-24(18-34)12-13-27(39)32(43)38-21(2)30-26(33)5-3-6-28(30)41/h3-9,12-14,17,19,21,41H,15-16H2,1-2H3,(H,35,42)(H,38,43)/t21-/m0/s1. The van der Waals surface area contributed by atoms with Gasteiger partial charge in [-0.15, -0.1) is 0 Å². The Morgan fingerprint density at radius 2 is 1.91 bits per heavy atom. The Balaban J connectivity index is 1.26. The van der Waals surface area contributed by atoms with Crippen LogP contribution in [0.1, 0.15) is 61.9 Å². The third-order valence-corrected chi connectivity index (χ3v) is 6.86. The topological polar surface area (TPSA) is 137 Å². The van der Waals surface area contributed by atoms with Crippen molar-refractivity contribution in [3.8, 4) is 23.7 Å². The fraction of sp³-hybridized carbons (Fsp3) is 0.156. The van der Waals surface area contributed by atoms with Gasteiger partial charge in [-0.3, -0.25) is 9.59 Å². The van der Waals surface area contributed by atoms with E-state index >= 15 is 0 Å². The number of carbonyl (C=O) groups excluding carboxylic acids is 2. The molecule has 0 aliphatic heterocycles. The molecule has 0 aliphatic rings. The fourth-order valence-corrected chi connectivity index (χ4v) is 4.63. The SMILES string of the molecule is Cc1ccc(C(=O)NCCn2c(C#N)ccc2C(=O)N[C@@H](C)c2c(O)cccc2F)cc1C#Cc1cnc2cccnn12. The van der Waals surface area contributed by atoms with E-state index < -0.39 is 17.8 Å². The number of carbonyl (C=O) groups is 2. The van der Waals surface area contributed by atoms with Gasteiger partial charge in [-0.2, -0.15) is 10.4 Å². The molecule has 10 nitrogen and oxygen atoms in total. The number of aromatic hydroxyl groups is 1. The van der Waals surface area contributed by atoms with E-state index in [0.29, 0.717) is 22.5 Å². The summed E-state index contributed by atoms with van der Waals surface area (Å²) < 4.78 is 17.4. The number of nitrogens with zero attached hydrogens (tertiary/aromatic N) is 5. The molecule has 0 spiro atoms. The number of aryl methyl sites for hydroxylation is 1. The van der Waals surface area contributed by atoms with Gasteiger partial charge in [0.2, 0.25) is 0 Å². The first-order valence-corrected chi connectivity index (χ1v) is 13.3. The normalized spacial score (nSPS) is 11.3. The number of halogens is 1. The lowest BCUT2D eigenvalue weighted by Gasteiger charge is -2.17. The highest BCUT2D eigenvalue weighted by Crippen LogP contribution is 2.27. The maximum absolute atomic E-state index is 14.3. The number of aromatic nitrogens is 4. The van der Waals surface area contributed by atoms with Crippen molar-refractivity contribution in [1.82, 2.24) is 29.8 Å². The highest BCUT2D eigenvalue weighted by Gasteiger charge is 2.21. The van der Waals surface area contributed by atoms with Crippen molar-refractivity contribution in [2.24, 2.45) is 0 Å². The van der Waals surface area contributed by atoms with Crippen LogP contribution in [0.3, 0.4) is 0 Å². The van der Waals surface area contributed by atoms with Crippen LogP contribution in [0.15, 0.2) is 73.1 Å². The van der Waals surface area contributed by atoms with Gasteiger partial charge in [0.15, 0.2) is 5.65 Å². The van der Waals surface area contributed by atoms with Crippen LogP contribution in [0.4, 0.5) is 4.39 Å². The molecule has 0 bridgehead atoms. The van der Waals surface area contributed by atoms with Gasteiger partial charge in [-0.25, -0.2) is 13.9 Å². The summed E-state index contributed by atoms with van der Waals surface area (Å²) in [6.07, 6.45) is 3.29.